The normalized spacial score (nSPS) is 10.1. The Morgan fingerprint density at radius 3 is 2.35 bits per heavy atom. The van der Waals surface area contributed by atoms with Crippen molar-refractivity contribution < 1.29 is 9.47 Å². The summed E-state index contributed by atoms with van der Waals surface area (Å²) in [6, 6.07) is 5.92. The molecule has 0 N–H and O–H groups in total. The first-order valence-electron chi connectivity index (χ1n) is 5.80. The molecule has 0 aliphatic heterocycles. The molecule has 0 aliphatic carbocycles. The molecule has 0 saturated carbocycles. The second-order valence-electron chi connectivity index (χ2n) is 4.05. The third kappa shape index (κ3) is 3.99. The van der Waals surface area contributed by atoms with E-state index in [1.165, 1.54) is 5.56 Å². The van der Waals surface area contributed by atoms with E-state index in [-0.39, 0.29) is 0 Å². The van der Waals surface area contributed by atoms with Gasteiger partial charge in [-0.1, -0.05) is 45.2 Å². The minimum atomic E-state index is 0.420. The Balaban J connectivity index is 2.91. The van der Waals surface area contributed by atoms with Gasteiger partial charge in [0.15, 0.2) is 0 Å². The molecule has 1 rings (SSSR count). The van der Waals surface area contributed by atoms with E-state index in [0.29, 0.717) is 19.1 Å². The average molecular weight is 232 g/mol. The van der Waals surface area contributed by atoms with Crippen LogP contribution < -0.4 is 9.47 Å². The van der Waals surface area contributed by atoms with Gasteiger partial charge >= 0.3 is 0 Å². The molecule has 92 valence electrons. The highest BCUT2D eigenvalue weighted by atomic mass is 16.5. The molecule has 17 heavy (non-hydrogen) atoms. The Labute approximate surface area is 104 Å². The Morgan fingerprint density at radius 2 is 1.76 bits per heavy atom. The predicted octanol–water partition coefficient (Wildman–Crippen LogP) is 3.94. The van der Waals surface area contributed by atoms with Gasteiger partial charge in [-0.15, -0.1) is 0 Å². The van der Waals surface area contributed by atoms with Gasteiger partial charge in [0, 0.05) is 6.07 Å². The van der Waals surface area contributed by atoms with Crippen LogP contribution in [0, 0.1) is 0 Å². The molecule has 2 nitrogen and oxygen atoms in total. The summed E-state index contributed by atoms with van der Waals surface area (Å²) >= 11 is 0. The SMILES string of the molecule is C=CCOc1ccc(C(C)C)c(OCC=C)c1. The van der Waals surface area contributed by atoms with Crippen LogP contribution in [-0.2, 0) is 0 Å². The smallest absolute Gasteiger partial charge is 0.126 e. The highest BCUT2D eigenvalue weighted by molar-refractivity contribution is 5.42. The van der Waals surface area contributed by atoms with Gasteiger partial charge in [-0.3, -0.25) is 0 Å². The Kier molecular flexibility index (Phi) is 5.34. The zero-order valence-electron chi connectivity index (χ0n) is 10.6. The second-order valence-corrected chi connectivity index (χ2v) is 4.05. The van der Waals surface area contributed by atoms with Crippen molar-refractivity contribution in [2.24, 2.45) is 0 Å². The van der Waals surface area contributed by atoms with Crippen LogP contribution in [0.4, 0.5) is 0 Å². The van der Waals surface area contributed by atoms with Crippen LogP contribution in [0.2, 0.25) is 0 Å². The first-order valence-corrected chi connectivity index (χ1v) is 5.80. The fraction of sp³-hybridized carbons (Fsp3) is 0.333. The molecule has 0 aromatic heterocycles. The Bertz CT molecular complexity index is 381. The van der Waals surface area contributed by atoms with Crippen molar-refractivity contribution in [3.63, 3.8) is 0 Å². The molecule has 0 bridgehead atoms. The fourth-order valence-electron chi connectivity index (χ4n) is 1.51. The molecule has 0 radical (unpaired) electrons. The molecule has 2 heteroatoms. The summed E-state index contributed by atoms with van der Waals surface area (Å²) in [4.78, 5) is 0. The van der Waals surface area contributed by atoms with E-state index < -0.39 is 0 Å². The maximum Gasteiger partial charge on any atom is 0.126 e. The number of ether oxygens (including phenoxy) is 2. The molecule has 0 unspecified atom stereocenters. The first-order chi connectivity index (χ1) is 8.19. The third-order valence-corrected chi connectivity index (χ3v) is 2.33. The maximum atomic E-state index is 5.64. The molecule has 0 atom stereocenters. The van der Waals surface area contributed by atoms with E-state index in [2.05, 4.69) is 27.0 Å². The van der Waals surface area contributed by atoms with Gasteiger partial charge in [0.05, 0.1) is 0 Å². The van der Waals surface area contributed by atoms with E-state index in [1.54, 1.807) is 12.2 Å². The lowest BCUT2D eigenvalue weighted by Crippen LogP contribution is -2.00. The lowest BCUT2D eigenvalue weighted by atomic mass is 10.0. The second kappa shape index (κ2) is 6.79. The summed E-state index contributed by atoms with van der Waals surface area (Å²) in [5.74, 6) is 2.08. The molecule has 0 spiro atoms. The van der Waals surface area contributed by atoms with Crippen molar-refractivity contribution in [1.82, 2.24) is 0 Å². The standard InChI is InChI=1S/C15H20O2/c1-5-9-16-13-7-8-14(12(3)4)15(11-13)17-10-6-2/h5-8,11-12H,1-2,9-10H2,3-4H3. The molecule has 0 aliphatic rings. The number of hydrogen-bond donors (Lipinski definition) is 0. The lowest BCUT2D eigenvalue weighted by molar-refractivity contribution is 0.341. The molecule has 0 saturated heterocycles. The molecule has 1 aromatic rings. The average Bonchev–Trinajstić information content (AvgIpc) is 2.33. The summed E-state index contributed by atoms with van der Waals surface area (Å²) in [5, 5.41) is 0. The zero-order chi connectivity index (χ0) is 12.7. The fourth-order valence-corrected chi connectivity index (χ4v) is 1.51. The van der Waals surface area contributed by atoms with Crippen LogP contribution in [0.15, 0.2) is 43.5 Å². The van der Waals surface area contributed by atoms with Gasteiger partial charge in [-0.25, -0.2) is 0 Å². The van der Waals surface area contributed by atoms with Gasteiger partial charge in [0.25, 0.3) is 0 Å². The third-order valence-electron chi connectivity index (χ3n) is 2.33. The van der Waals surface area contributed by atoms with Crippen LogP contribution >= 0.6 is 0 Å². The zero-order valence-corrected chi connectivity index (χ0v) is 10.6. The van der Waals surface area contributed by atoms with Crippen molar-refractivity contribution in [3.8, 4) is 11.5 Å². The first kappa shape index (κ1) is 13.4. The topological polar surface area (TPSA) is 18.5 Å². The lowest BCUT2D eigenvalue weighted by Gasteiger charge is -2.14. The summed E-state index contributed by atoms with van der Waals surface area (Å²) in [5.41, 5.74) is 1.18. The van der Waals surface area contributed by atoms with Gasteiger partial charge in [-0.2, -0.15) is 0 Å². The monoisotopic (exact) mass is 232 g/mol. The van der Waals surface area contributed by atoms with E-state index in [4.69, 9.17) is 9.47 Å². The highest BCUT2D eigenvalue weighted by Crippen LogP contribution is 2.30. The maximum absolute atomic E-state index is 5.64. The molecule has 0 heterocycles. The van der Waals surface area contributed by atoms with E-state index in [1.807, 2.05) is 18.2 Å². The predicted molar refractivity (Wildman–Crippen MR) is 71.9 cm³/mol. The van der Waals surface area contributed by atoms with E-state index >= 15 is 0 Å². The number of hydrogen-bond acceptors (Lipinski definition) is 2. The molecular formula is C15H20O2. The van der Waals surface area contributed by atoms with Crippen molar-refractivity contribution in [2.75, 3.05) is 13.2 Å². The summed E-state index contributed by atoms with van der Waals surface area (Å²) < 4.78 is 11.1. The van der Waals surface area contributed by atoms with Crippen LogP contribution in [0.5, 0.6) is 11.5 Å². The van der Waals surface area contributed by atoms with E-state index in [0.717, 1.165) is 11.5 Å². The molecule has 1 aromatic carbocycles. The van der Waals surface area contributed by atoms with Gasteiger partial charge in [-0.05, 0) is 17.5 Å². The van der Waals surface area contributed by atoms with Crippen molar-refractivity contribution >= 4 is 0 Å². The van der Waals surface area contributed by atoms with Crippen LogP contribution in [0.3, 0.4) is 0 Å². The van der Waals surface area contributed by atoms with E-state index in [9.17, 15) is 0 Å². The molecule has 0 amide bonds. The minimum absolute atomic E-state index is 0.420. The van der Waals surface area contributed by atoms with Crippen LogP contribution in [0.25, 0.3) is 0 Å². The Hall–Kier alpha value is -1.70. The van der Waals surface area contributed by atoms with Crippen molar-refractivity contribution in [2.45, 2.75) is 19.8 Å². The largest absolute Gasteiger partial charge is 0.489 e. The quantitative estimate of drug-likeness (QED) is 0.663. The summed E-state index contributed by atoms with van der Waals surface area (Å²) in [6.07, 6.45) is 3.46. The summed E-state index contributed by atoms with van der Waals surface area (Å²) in [7, 11) is 0. The van der Waals surface area contributed by atoms with Gasteiger partial charge in [0.2, 0.25) is 0 Å². The number of rotatable bonds is 7. The van der Waals surface area contributed by atoms with Crippen LogP contribution in [-0.4, -0.2) is 13.2 Å². The minimum Gasteiger partial charge on any atom is -0.489 e. The van der Waals surface area contributed by atoms with Gasteiger partial charge in [0.1, 0.15) is 24.7 Å². The molecule has 0 fully saturated rings. The van der Waals surface area contributed by atoms with Crippen molar-refractivity contribution in [3.05, 3.63) is 49.1 Å². The van der Waals surface area contributed by atoms with Crippen LogP contribution in [0.1, 0.15) is 25.3 Å². The summed E-state index contributed by atoms with van der Waals surface area (Å²) in [6.45, 7) is 12.6. The molecular weight excluding hydrogens is 212 g/mol. The highest BCUT2D eigenvalue weighted by Gasteiger charge is 2.09. The Morgan fingerprint density at radius 1 is 1.12 bits per heavy atom. The number of benzene rings is 1. The van der Waals surface area contributed by atoms with Gasteiger partial charge < -0.3 is 9.47 Å². The van der Waals surface area contributed by atoms with Crippen molar-refractivity contribution in [1.29, 1.82) is 0 Å².